The second kappa shape index (κ2) is 8.61. The summed E-state index contributed by atoms with van der Waals surface area (Å²) in [5.41, 5.74) is 1.06. The average molecular weight is 335 g/mol. The third kappa shape index (κ3) is 5.02. The molecule has 0 radical (unpaired) electrons. The average Bonchev–Trinajstić information content (AvgIpc) is 2.99. The second-order valence-corrected chi connectivity index (χ2v) is 6.23. The number of hydrogen-bond acceptors (Lipinski definition) is 6. The van der Waals surface area contributed by atoms with E-state index in [0.717, 1.165) is 37.4 Å². The monoisotopic (exact) mass is 335 g/mol. The molecular weight excluding hydrogens is 314 g/mol. The Hall–Kier alpha value is -1.96. The predicted molar refractivity (Wildman–Crippen MR) is 90.2 cm³/mol. The molecule has 23 heavy (non-hydrogen) atoms. The molecule has 0 unspecified atom stereocenters. The number of carbonyl (C=O) groups excluding carboxylic acids is 2. The Morgan fingerprint density at radius 2 is 1.91 bits per heavy atom. The molecule has 0 aliphatic heterocycles. The molecule has 0 bridgehead atoms. The second-order valence-electron chi connectivity index (χ2n) is 5.18. The van der Waals surface area contributed by atoms with Gasteiger partial charge < -0.3 is 4.98 Å². The fraction of sp³-hybridized carbons (Fsp3) is 0.533. The smallest absolute Gasteiger partial charge is 0.232 e. The van der Waals surface area contributed by atoms with Crippen LogP contribution in [0, 0.1) is 0 Å². The fourth-order valence-corrected chi connectivity index (χ4v) is 2.79. The number of H-pyrrole nitrogens is 1. The van der Waals surface area contributed by atoms with Crippen LogP contribution in [0.4, 0.5) is 5.95 Å². The Labute approximate surface area is 139 Å². The molecule has 2 N–H and O–H groups in total. The Kier molecular flexibility index (Phi) is 6.52. The van der Waals surface area contributed by atoms with Gasteiger partial charge in [0.2, 0.25) is 11.9 Å². The normalized spacial score (nSPS) is 10.9. The summed E-state index contributed by atoms with van der Waals surface area (Å²) in [6, 6.07) is 0. The van der Waals surface area contributed by atoms with Crippen molar-refractivity contribution in [1.29, 1.82) is 0 Å². The molecule has 2 aromatic rings. The summed E-state index contributed by atoms with van der Waals surface area (Å²) in [4.78, 5) is 39.4. The van der Waals surface area contributed by atoms with Crippen LogP contribution in [-0.4, -0.2) is 31.0 Å². The summed E-state index contributed by atoms with van der Waals surface area (Å²) in [7, 11) is 0. The standard InChI is InChI=1S/C15H21N5O2S/c1-3-5-7-10(21)18-15-19-13-12(16-9-17-13)14(20-15)23-11(22)8-6-4-2/h9H,3-8H2,1-2H3,(H2,16,17,18,19,20,21). The molecule has 2 heterocycles. The number of rotatable bonds is 8. The summed E-state index contributed by atoms with van der Waals surface area (Å²) in [6.07, 6.45) is 6.00. The van der Waals surface area contributed by atoms with Gasteiger partial charge in [0.05, 0.1) is 6.33 Å². The number of amides is 1. The van der Waals surface area contributed by atoms with Crippen LogP contribution in [0.25, 0.3) is 11.2 Å². The summed E-state index contributed by atoms with van der Waals surface area (Å²) in [5, 5.41) is 3.22. The lowest BCUT2D eigenvalue weighted by molar-refractivity contribution is -0.116. The Morgan fingerprint density at radius 3 is 2.65 bits per heavy atom. The van der Waals surface area contributed by atoms with Crippen LogP contribution in [0.15, 0.2) is 11.4 Å². The van der Waals surface area contributed by atoms with Gasteiger partial charge in [-0.1, -0.05) is 26.7 Å². The Morgan fingerprint density at radius 1 is 1.17 bits per heavy atom. The van der Waals surface area contributed by atoms with Crippen LogP contribution in [0.3, 0.4) is 0 Å². The fourth-order valence-electron chi connectivity index (χ4n) is 1.94. The SMILES string of the molecule is CCCCC(=O)Nc1nc(SC(=O)CCCC)c2[nH]cnc2n1. The highest BCUT2D eigenvalue weighted by Gasteiger charge is 2.15. The molecular formula is C15H21N5O2S. The molecule has 0 saturated heterocycles. The van der Waals surface area contributed by atoms with E-state index in [4.69, 9.17) is 0 Å². The molecule has 0 saturated carbocycles. The van der Waals surface area contributed by atoms with Crippen molar-refractivity contribution in [1.82, 2.24) is 19.9 Å². The van der Waals surface area contributed by atoms with Crippen LogP contribution >= 0.6 is 11.8 Å². The van der Waals surface area contributed by atoms with E-state index in [-0.39, 0.29) is 17.0 Å². The van der Waals surface area contributed by atoms with E-state index < -0.39 is 0 Å². The van der Waals surface area contributed by atoms with Gasteiger partial charge in [-0.3, -0.25) is 14.9 Å². The molecule has 2 rings (SSSR count). The predicted octanol–water partition coefficient (Wildman–Crippen LogP) is 3.29. The van der Waals surface area contributed by atoms with Crippen molar-refractivity contribution in [3.05, 3.63) is 6.33 Å². The zero-order valence-corrected chi connectivity index (χ0v) is 14.2. The van der Waals surface area contributed by atoms with E-state index in [1.165, 1.54) is 6.33 Å². The number of anilines is 1. The van der Waals surface area contributed by atoms with E-state index in [2.05, 4.69) is 25.3 Å². The van der Waals surface area contributed by atoms with Gasteiger partial charge in [-0.2, -0.15) is 4.98 Å². The lowest BCUT2D eigenvalue weighted by Crippen LogP contribution is -2.14. The molecule has 0 aromatic carbocycles. The maximum absolute atomic E-state index is 12.0. The molecule has 0 aliphatic carbocycles. The van der Waals surface area contributed by atoms with Crippen LogP contribution in [0.2, 0.25) is 0 Å². The van der Waals surface area contributed by atoms with Crippen molar-refractivity contribution in [2.24, 2.45) is 0 Å². The van der Waals surface area contributed by atoms with E-state index in [0.29, 0.717) is 29.0 Å². The van der Waals surface area contributed by atoms with Crippen LogP contribution in [-0.2, 0) is 9.59 Å². The molecule has 8 heteroatoms. The zero-order valence-electron chi connectivity index (χ0n) is 13.4. The molecule has 0 aliphatic rings. The van der Waals surface area contributed by atoms with Gasteiger partial charge >= 0.3 is 0 Å². The maximum atomic E-state index is 12.0. The minimum absolute atomic E-state index is 0.0460. The van der Waals surface area contributed by atoms with Gasteiger partial charge in [-0.15, -0.1) is 0 Å². The third-order valence-electron chi connectivity index (χ3n) is 3.21. The van der Waals surface area contributed by atoms with Crippen molar-refractivity contribution in [3.8, 4) is 0 Å². The maximum Gasteiger partial charge on any atom is 0.232 e. The Bertz CT molecular complexity index is 686. The van der Waals surface area contributed by atoms with Gasteiger partial charge in [-0.05, 0) is 24.6 Å². The first-order valence-electron chi connectivity index (χ1n) is 7.85. The largest absolute Gasteiger partial charge is 0.341 e. The number of aromatic nitrogens is 4. The first kappa shape index (κ1) is 17.4. The number of hydrogen-bond donors (Lipinski definition) is 2. The van der Waals surface area contributed by atoms with Gasteiger partial charge in [-0.25, -0.2) is 9.97 Å². The van der Waals surface area contributed by atoms with Crippen molar-refractivity contribution >= 4 is 39.9 Å². The topological polar surface area (TPSA) is 101 Å². The number of nitrogens with zero attached hydrogens (tertiary/aromatic N) is 3. The van der Waals surface area contributed by atoms with E-state index in [1.807, 2.05) is 13.8 Å². The minimum Gasteiger partial charge on any atom is -0.341 e. The number of imidazole rings is 1. The molecule has 0 fully saturated rings. The molecule has 2 aromatic heterocycles. The van der Waals surface area contributed by atoms with Crippen molar-refractivity contribution in [2.75, 3.05) is 5.32 Å². The highest BCUT2D eigenvalue weighted by molar-refractivity contribution is 8.13. The van der Waals surface area contributed by atoms with Crippen molar-refractivity contribution < 1.29 is 9.59 Å². The summed E-state index contributed by atoms with van der Waals surface area (Å²) >= 11 is 1.06. The Balaban J connectivity index is 2.16. The quantitative estimate of drug-likeness (QED) is 0.567. The van der Waals surface area contributed by atoms with Crippen LogP contribution in [0.5, 0.6) is 0 Å². The van der Waals surface area contributed by atoms with E-state index in [1.54, 1.807) is 0 Å². The first-order valence-corrected chi connectivity index (χ1v) is 8.67. The molecule has 0 atom stereocenters. The summed E-state index contributed by atoms with van der Waals surface area (Å²) in [5.74, 6) is 0.0616. The van der Waals surface area contributed by atoms with Gasteiger partial charge in [0.1, 0.15) is 10.5 Å². The molecule has 0 spiro atoms. The molecule has 1 amide bonds. The number of fused-ring (bicyclic) bond motifs is 1. The summed E-state index contributed by atoms with van der Waals surface area (Å²) < 4.78 is 0. The highest BCUT2D eigenvalue weighted by atomic mass is 32.2. The van der Waals surface area contributed by atoms with E-state index in [9.17, 15) is 9.59 Å². The van der Waals surface area contributed by atoms with Crippen molar-refractivity contribution in [2.45, 2.75) is 57.4 Å². The van der Waals surface area contributed by atoms with Gasteiger partial charge in [0.25, 0.3) is 0 Å². The zero-order chi connectivity index (χ0) is 16.7. The van der Waals surface area contributed by atoms with Crippen LogP contribution in [0.1, 0.15) is 52.4 Å². The highest BCUT2D eigenvalue weighted by Crippen LogP contribution is 2.26. The van der Waals surface area contributed by atoms with Crippen LogP contribution < -0.4 is 5.32 Å². The number of thioether (sulfide) groups is 1. The lowest BCUT2D eigenvalue weighted by atomic mass is 10.2. The third-order valence-corrected chi connectivity index (χ3v) is 4.13. The number of unbranched alkanes of at least 4 members (excludes halogenated alkanes) is 2. The molecule has 124 valence electrons. The van der Waals surface area contributed by atoms with Crippen molar-refractivity contribution in [3.63, 3.8) is 0 Å². The molecule has 7 nitrogen and oxygen atoms in total. The number of nitrogens with one attached hydrogen (secondary N) is 2. The summed E-state index contributed by atoms with van der Waals surface area (Å²) in [6.45, 7) is 4.07. The number of aromatic amines is 1. The van der Waals surface area contributed by atoms with Gasteiger partial charge in [0, 0.05) is 12.8 Å². The lowest BCUT2D eigenvalue weighted by Gasteiger charge is -2.06. The first-order chi connectivity index (χ1) is 11.1. The number of carbonyl (C=O) groups is 2. The van der Waals surface area contributed by atoms with E-state index >= 15 is 0 Å². The van der Waals surface area contributed by atoms with Gasteiger partial charge in [0.15, 0.2) is 10.8 Å². The minimum atomic E-state index is -0.130.